The fraction of sp³-hybridized carbons (Fsp3) is 0.333. The van der Waals surface area contributed by atoms with Crippen LogP contribution in [0.5, 0.6) is 0 Å². The molecule has 0 aromatic heterocycles. The maximum atomic E-state index is 12.8. The third kappa shape index (κ3) is 3.44. The number of rotatable bonds is 5. The summed E-state index contributed by atoms with van der Waals surface area (Å²) in [5.41, 5.74) is 0.415. The summed E-state index contributed by atoms with van der Waals surface area (Å²) in [6.07, 6.45) is 3.14. The Labute approximate surface area is 88.1 Å². The fourth-order valence-electron chi connectivity index (χ4n) is 1.34. The van der Waals surface area contributed by atoms with Crippen molar-refractivity contribution >= 4 is 0 Å². The summed E-state index contributed by atoms with van der Waals surface area (Å²) in [6, 6.07) is 3.46. The van der Waals surface area contributed by atoms with Gasteiger partial charge < -0.3 is 5.11 Å². The highest BCUT2D eigenvalue weighted by Crippen LogP contribution is 2.20. The first kappa shape index (κ1) is 11.9. The number of unbranched alkanes of at least 4 members (excludes halogenated alkanes) is 1. The quantitative estimate of drug-likeness (QED) is 0.586. The zero-order valence-electron chi connectivity index (χ0n) is 8.42. The lowest BCUT2D eigenvalue weighted by Gasteiger charge is -2.10. The van der Waals surface area contributed by atoms with E-state index in [0.717, 1.165) is 25.0 Å². The zero-order valence-corrected chi connectivity index (χ0v) is 8.42. The van der Waals surface area contributed by atoms with Gasteiger partial charge in [-0.1, -0.05) is 12.1 Å². The van der Waals surface area contributed by atoms with Gasteiger partial charge in [-0.2, -0.15) is 0 Å². The minimum absolute atomic E-state index is 0.415. The molecule has 0 aliphatic carbocycles. The molecule has 15 heavy (non-hydrogen) atoms. The smallest absolute Gasteiger partial charge is 0.159 e. The van der Waals surface area contributed by atoms with Crippen molar-refractivity contribution in [3.8, 4) is 0 Å². The number of halogens is 2. The first-order valence-corrected chi connectivity index (χ1v) is 4.89. The van der Waals surface area contributed by atoms with Crippen LogP contribution in [0.1, 0.15) is 30.9 Å². The third-order valence-electron chi connectivity index (χ3n) is 2.21. The SMILES string of the molecule is C=CCCCC(O)c1ccc(F)c(F)c1. The Balaban J connectivity index is 2.61. The standard InChI is InChI=1S/C12H14F2O/c1-2-3-4-5-12(15)9-6-7-10(13)11(14)8-9/h2,6-8,12,15H,1,3-5H2. The van der Waals surface area contributed by atoms with Crippen LogP contribution in [0.2, 0.25) is 0 Å². The average molecular weight is 212 g/mol. The minimum atomic E-state index is -0.921. The van der Waals surface area contributed by atoms with Gasteiger partial charge in [0.2, 0.25) is 0 Å². The molecule has 0 spiro atoms. The Morgan fingerprint density at radius 3 is 2.67 bits per heavy atom. The van der Waals surface area contributed by atoms with E-state index in [-0.39, 0.29) is 0 Å². The molecule has 1 unspecified atom stereocenters. The Kier molecular flexibility index (Phi) is 4.43. The molecule has 1 nitrogen and oxygen atoms in total. The van der Waals surface area contributed by atoms with Crippen LogP contribution in [0.3, 0.4) is 0 Å². The number of allylic oxidation sites excluding steroid dienone is 1. The highest BCUT2D eigenvalue weighted by atomic mass is 19.2. The highest BCUT2D eigenvalue weighted by Gasteiger charge is 2.09. The van der Waals surface area contributed by atoms with Gasteiger partial charge in [0.15, 0.2) is 11.6 Å². The second-order valence-corrected chi connectivity index (χ2v) is 3.41. The van der Waals surface area contributed by atoms with Gasteiger partial charge in [-0.15, -0.1) is 6.58 Å². The summed E-state index contributed by atoms with van der Waals surface area (Å²) in [4.78, 5) is 0. The molecule has 1 aromatic carbocycles. The second-order valence-electron chi connectivity index (χ2n) is 3.41. The second kappa shape index (κ2) is 5.61. The minimum Gasteiger partial charge on any atom is -0.388 e. The summed E-state index contributed by atoms with van der Waals surface area (Å²) < 4.78 is 25.4. The molecule has 1 atom stereocenters. The van der Waals surface area contributed by atoms with Gasteiger partial charge in [-0.3, -0.25) is 0 Å². The normalized spacial score (nSPS) is 12.5. The largest absolute Gasteiger partial charge is 0.388 e. The fourth-order valence-corrected chi connectivity index (χ4v) is 1.34. The van der Waals surface area contributed by atoms with E-state index in [2.05, 4.69) is 6.58 Å². The van der Waals surface area contributed by atoms with Gasteiger partial charge in [0.25, 0.3) is 0 Å². The lowest BCUT2D eigenvalue weighted by molar-refractivity contribution is 0.164. The molecular weight excluding hydrogens is 198 g/mol. The molecule has 3 heteroatoms. The Morgan fingerprint density at radius 1 is 1.33 bits per heavy atom. The molecule has 0 saturated carbocycles. The van der Waals surface area contributed by atoms with Crippen LogP contribution in [-0.4, -0.2) is 5.11 Å². The maximum absolute atomic E-state index is 12.8. The van der Waals surface area contributed by atoms with Crippen LogP contribution < -0.4 is 0 Å². The van der Waals surface area contributed by atoms with Crippen molar-refractivity contribution in [2.45, 2.75) is 25.4 Å². The van der Waals surface area contributed by atoms with Gasteiger partial charge in [-0.05, 0) is 37.0 Å². The molecule has 82 valence electrons. The van der Waals surface area contributed by atoms with Gasteiger partial charge in [0.1, 0.15) is 0 Å². The Bertz CT molecular complexity index is 336. The van der Waals surface area contributed by atoms with Gasteiger partial charge in [-0.25, -0.2) is 8.78 Å². The Morgan fingerprint density at radius 2 is 2.07 bits per heavy atom. The van der Waals surface area contributed by atoms with E-state index in [4.69, 9.17) is 0 Å². The van der Waals surface area contributed by atoms with Gasteiger partial charge in [0.05, 0.1) is 6.10 Å². The van der Waals surface area contributed by atoms with E-state index in [1.54, 1.807) is 6.08 Å². The first-order chi connectivity index (χ1) is 7.15. The topological polar surface area (TPSA) is 20.2 Å². The molecule has 0 heterocycles. The summed E-state index contributed by atoms with van der Waals surface area (Å²) in [7, 11) is 0. The van der Waals surface area contributed by atoms with E-state index >= 15 is 0 Å². The molecular formula is C12H14F2O. The van der Waals surface area contributed by atoms with E-state index in [1.165, 1.54) is 6.07 Å². The van der Waals surface area contributed by atoms with Crippen LogP contribution in [0.4, 0.5) is 8.78 Å². The van der Waals surface area contributed by atoms with Crippen LogP contribution in [0.15, 0.2) is 30.9 Å². The molecule has 0 aliphatic heterocycles. The van der Waals surface area contributed by atoms with E-state index in [0.29, 0.717) is 12.0 Å². The molecule has 0 bridgehead atoms. The highest BCUT2D eigenvalue weighted by molar-refractivity contribution is 5.19. The zero-order chi connectivity index (χ0) is 11.3. The van der Waals surface area contributed by atoms with E-state index in [9.17, 15) is 13.9 Å². The molecule has 0 radical (unpaired) electrons. The molecule has 1 rings (SSSR count). The van der Waals surface area contributed by atoms with Crippen LogP contribution >= 0.6 is 0 Å². The summed E-state index contributed by atoms with van der Waals surface area (Å²) in [5.74, 6) is -1.81. The number of aliphatic hydroxyl groups is 1. The van der Waals surface area contributed by atoms with Crippen molar-refractivity contribution in [1.82, 2.24) is 0 Å². The third-order valence-corrected chi connectivity index (χ3v) is 2.21. The number of hydrogen-bond donors (Lipinski definition) is 1. The van der Waals surface area contributed by atoms with Crippen LogP contribution in [-0.2, 0) is 0 Å². The molecule has 0 amide bonds. The monoisotopic (exact) mass is 212 g/mol. The van der Waals surface area contributed by atoms with Crippen molar-refractivity contribution in [3.63, 3.8) is 0 Å². The lowest BCUT2D eigenvalue weighted by atomic mass is 10.0. The summed E-state index contributed by atoms with van der Waals surface area (Å²) in [5, 5.41) is 9.64. The van der Waals surface area contributed by atoms with Gasteiger partial charge >= 0.3 is 0 Å². The molecule has 0 fully saturated rings. The first-order valence-electron chi connectivity index (χ1n) is 4.89. The van der Waals surface area contributed by atoms with E-state index < -0.39 is 17.7 Å². The molecule has 0 saturated heterocycles. The summed E-state index contributed by atoms with van der Waals surface area (Å²) >= 11 is 0. The lowest BCUT2D eigenvalue weighted by Crippen LogP contribution is -1.98. The van der Waals surface area contributed by atoms with Crippen LogP contribution in [0, 0.1) is 11.6 Å². The average Bonchev–Trinajstić information content (AvgIpc) is 2.22. The number of benzene rings is 1. The van der Waals surface area contributed by atoms with Crippen molar-refractivity contribution in [1.29, 1.82) is 0 Å². The Hall–Kier alpha value is -1.22. The van der Waals surface area contributed by atoms with Crippen LogP contribution in [0.25, 0.3) is 0 Å². The number of hydrogen-bond acceptors (Lipinski definition) is 1. The number of aliphatic hydroxyl groups excluding tert-OH is 1. The predicted octanol–water partition coefficient (Wildman–Crippen LogP) is 3.35. The van der Waals surface area contributed by atoms with Crippen molar-refractivity contribution in [2.24, 2.45) is 0 Å². The van der Waals surface area contributed by atoms with Crippen molar-refractivity contribution in [2.75, 3.05) is 0 Å². The van der Waals surface area contributed by atoms with Gasteiger partial charge in [0, 0.05) is 0 Å². The summed E-state index contributed by atoms with van der Waals surface area (Å²) in [6.45, 7) is 3.56. The molecule has 1 aromatic rings. The predicted molar refractivity (Wildman–Crippen MR) is 55.4 cm³/mol. The molecule has 1 N–H and O–H groups in total. The maximum Gasteiger partial charge on any atom is 0.159 e. The van der Waals surface area contributed by atoms with E-state index in [1.807, 2.05) is 0 Å². The van der Waals surface area contributed by atoms with Crippen molar-refractivity contribution < 1.29 is 13.9 Å². The molecule has 0 aliphatic rings. The van der Waals surface area contributed by atoms with Crippen molar-refractivity contribution in [3.05, 3.63) is 48.1 Å².